The lowest BCUT2D eigenvalue weighted by atomic mass is 10.0. The van der Waals surface area contributed by atoms with Crippen LogP contribution in [-0.2, 0) is 4.79 Å². The largest absolute Gasteiger partial charge is 0.351 e. The van der Waals surface area contributed by atoms with Gasteiger partial charge in [0, 0.05) is 6.04 Å². The molecule has 2 fully saturated rings. The van der Waals surface area contributed by atoms with E-state index in [0.29, 0.717) is 0 Å². The fourth-order valence-corrected chi connectivity index (χ4v) is 4.27. The van der Waals surface area contributed by atoms with E-state index in [1.54, 1.807) is 11.8 Å². The standard InChI is InChI=1S/C13H22ClNOS/c1-13(8-5-9-17-13)12(16)15-11-7-4-2-3-6-10(11)14/h10-11H,2-9H2,1H3,(H,15,16). The summed E-state index contributed by atoms with van der Waals surface area (Å²) in [5, 5.41) is 3.32. The van der Waals surface area contributed by atoms with Gasteiger partial charge in [-0.1, -0.05) is 19.3 Å². The van der Waals surface area contributed by atoms with Crippen LogP contribution in [0.3, 0.4) is 0 Å². The van der Waals surface area contributed by atoms with Gasteiger partial charge in [-0.2, -0.15) is 0 Å². The number of halogens is 1. The van der Waals surface area contributed by atoms with Crippen molar-refractivity contribution < 1.29 is 4.79 Å². The van der Waals surface area contributed by atoms with Crippen LogP contribution in [0.4, 0.5) is 0 Å². The van der Waals surface area contributed by atoms with Crippen molar-refractivity contribution >= 4 is 29.3 Å². The molecule has 3 unspecified atom stereocenters. The zero-order valence-electron chi connectivity index (χ0n) is 10.5. The number of carbonyl (C=O) groups is 1. The summed E-state index contributed by atoms with van der Waals surface area (Å²) in [6.07, 6.45) is 7.88. The predicted octanol–water partition coefficient (Wildman–Crippen LogP) is 3.33. The quantitative estimate of drug-likeness (QED) is 0.619. The van der Waals surface area contributed by atoms with Gasteiger partial charge in [0.2, 0.25) is 5.91 Å². The van der Waals surface area contributed by atoms with Crippen molar-refractivity contribution in [2.75, 3.05) is 5.75 Å². The van der Waals surface area contributed by atoms with Crippen molar-refractivity contribution in [1.29, 1.82) is 0 Å². The molecule has 1 aliphatic carbocycles. The van der Waals surface area contributed by atoms with Crippen molar-refractivity contribution in [3.8, 4) is 0 Å². The van der Waals surface area contributed by atoms with Crippen LogP contribution >= 0.6 is 23.4 Å². The second kappa shape index (κ2) is 5.83. The van der Waals surface area contributed by atoms with E-state index < -0.39 is 0 Å². The van der Waals surface area contributed by atoms with E-state index in [1.807, 2.05) is 0 Å². The first-order valence-corrected chi connectivity index (χ1v) is 8.13. The lowest BCUT2D eigenvalue weighted by molar-refractivity contribution is -0.123. The average Bonchev–Trinajstić information content (AvgIpc) is 2.65. The molecule has 1 saturated carbocycles. The molecule has 1 N–H and O–H groups in total. The Hall–Kier alpha value is 0.110. The van der Waals surface area contributed by atoms with Crippen LogP contribution in [0, 0.1) is 0 Å². The number of carbonyl (C=O) groups excluding carboxylic acids is 1. The third kappa shape index (κ3) is 3.31. The molecule has 0 bridgehead atoms. The topological polar surface area (TPSA) is 29.1 Å². The number of rotatable bonds is 2. The summed E-state index contributed by atoms with van der Waals surface area (Å²) in [4.78, 5) is 12.3. The minimum atomic E-state index is -0.205. The maximum atomic E-state index is 12.3. The Balaban J connectivity index is 1.92. The van der Waals surface area contributed by atoms with Gasteiger partial charge in [-0.3, -0.25) is 4.79 Å². The van der Waals surface area contributed by atoms with Gasteiger partial charge in [-0.15, -0.1) is 23.4 Å². The Labute approximate surface area is 113 Å². The Morgan fingerprint density at radius 2 is 2.06 bits per heavy atom. The van der Waals surface area contributed by atoms with Gasteiger partial charge in [0.15, 0.2) is 0 Å². The molecular weight excluding hydrogens is 254 g/mol. The van der Waals surface area contributed by atoms with Crippen molar-refractivity contribution in [1.82, 2.24) is 5.32 Å². The molecule has 98 valence electrons. The zero-order valence-corrected chi connectivity index (χ0v) is 12.1. The molecule has 0 aromatic rings. The fraction of sp³-hybridized carbons (Fsp3) is 0.923. The van der Waals surface area contributed by atoms with Crippen LogP contribution in [0.25, 0.3) is 0 Å². The predicted molar refractivity (Wildman–Crippen MR) is 74.8 cm³/mol. The highest BCUT2D eigenvalue weighted by Gasteiger charge is 2.38. The number of hydrogen-bond acceptors (Lipinski definition) is 2. The molecule has 0 radical (unpaired) electrons. The summed E-state index contributed by atoms with van der Waals surface area (Å²) in [7, 11) is 0. The van der Waals surface area contributed by atoms with Crippen LogP contribution in [-0.4, -0.2) is 27.8 Å². The summed E-state index contributed by atoms with van der Waals surface area (Å²) in [6, 6.07) is 0.185. The molecule has 1 aliphatic heterocycles. The third-order valence-electron chi connectivity index (χ3n) is 3.95. The highest BCUT2D eigenvalue weighted by molar-refractivity contribution is 8.01. The van der Waals surface area contributed by atoms with E-state index in [1.165, 1.54) is 19.3 Å². The fourth-order valence-electron chi connectivity index (χ4n) is 2.70. The van der Waals surface area contributed by atoms with E-state index in [0.717, 1.165) is 31.4 Å². The van der Waals surface area contributed by atoms with Crippen LogP contribution in [0.2, 0.25) is 0 Å². The number of hydrogen-bond donors (Lipinski definition) is 1. The van der Waals surface area contributed by atoms with Gasteiger partial charge in [0.05, 0.1) is 10.1 Å². The Bertz CT molecular complexity index is 279. The molecule has 3 atom stereocenters. The lowest BCUT2D eigenvalue weighted by Crippen LogP contribution is -2.48. The molecule has 2 rings (SSSR count). The molecule has 1 saturated heterocycles. The maximum absolute atomic E-state index is 12.3. The van der Waals surface area contributed by atoms with Gasteiger partial charge < -0.3 is 5.32 Å². The number of nitrogens with one attached hydrogen (secondary N) is 1. The van der Waals surface area contributed by atoms with Crippen LogP contribution in [0.5, 0.6) is 0 Å². The lowest BCUT2D eigenvalue weighted by Gasteiger charge is -2.27. The maximum Gasteiger partial charge on any atom is 0.236 e. The second-order valence-electron chi connectivity index (χ2n) is 5.42. The minimum Gasteiger partial charge on any atom is -0.351 e. The van der Waals surface area contributed by atoms with E-state index >= 15 is 0 Å². The normalized spacial score (nSPS) is 38.7. The van der Waals surface area contributed by atoms with Crippen LogP contribution in [0.15, 0.2) is 0 Å². The molecule has 0 spiro atoms. The molecule has 2 nitrogen and oxygen atoms in total. The molecule has 4 heteroatoms. The highest BCUT2D eigenvalue weighted by atomic mass is 35.5. The van der Waals surface area contributed by atoms with Crippen LogP contribution < -0.4 is 5.32 Å². The molecule has 1 amide bonds. The van der Waals surface area contributed by atoms with Gasteiger partial charge in [-0.25, -0.2) is 0 Å². The number of amides is 1. The zero-order chi connectivity index (χ0) is 12.3. The summed E-state index contributed by atoms with van der Waals surface area (Å²) < 4.78 is -0.205. The third-order valence-corrected chi connectivity index (χ3v) is 5.99. The SMILES string of the molecule is CC1(C(=O)NC2CCCCCC2Cl)CCCS1. The Kier molecular flexibility index (Phi) is 4.65. The van der Waals surface area contributed by atoms with E-state index in [4.69, 9.17) is 11.6 Å². The van der Waals surface area contributed by atoms with Gasteiger partial charge in [0.1, 0.15) is 0 Å². The molecule has 0 aromatic carbocycles. The summed E-state index contributed by atoms with van der Waals surface area (Å²) in [6.45, 7) is 2.07. The summed E-state index contributed by atoms with van der Waals surface area (Å²) in [5.74, 6) is 1.32. The minimum absolute atomic E-state index is 0.122. The van der Waals surface area contributed by atoms with E-state index in [9.17, 15) is 4.79 Å². The van der Waals surface area contributed by atoms with Gasteiger partial charge in [0.25, 0.3) is 0 Å². The molecule has 0 aromatic heterocycles. The molecule has 1 heterocycles. The molecule has 17 heavy (non-hydrogen) atoms. The van der Waals surface area contributed by atoms with Crippen molar-refractivity contribution in [3.63, 3.8) is 0 Å². The molecular formula is C13H22ClNOS. The smallest absolute Gasteiger partial charge is 0.236 e. The second-order valence-corrected chi connectivity index (χ2v) is 7.58. The van der Waals surface area contributed by atoms with Crippen LogP contribution in [0.1, 0.15) is 51.9 Å². The molecule has 2 aliphatic rings. The Morgan fingerprint density at radius 1 is 1.29 bits per heavy atom. The Morgan fingerprint density at radius 3 is 2.76 bits per heavy atom. The average molecular weight is 276 g/mol. The summed E-state index contributed by atoms with van der Waals surface area (Å²) in [5.41, 5.74) is 0. The van der Waals surface area contributed by atoms with Crippen molar-refractivity contribution in [3.05, 3.63) is 0 Å². The first-order chi connectivity index (χ1) is 8.12. The highest BCUT2D eigenvalue weighted by Crippen LogP contribution is 2.38. The van der Waals surface area contributed by atoms with Crippen molar-refractivity contribution in [2.24, 2.45) is 0 Å². The monoisotopic (exact) mass is 275 g/mol. The number of thioether (sulfide) groups is 1. The summed E-state index contributed by atoms with van der Waals surface area (Å²) >= 11 is 8.15. The van der Waals surface area contributed by atoms with Gasteiger partial charge >= 0.3 is 0 Å². The van der Waals surface area contributed by atoms with Crippen molar-refractivity contribution in [2.45, 2.75) is 68.0 Å². The first kappa shape index (κ1) is 13.5. The number of alkyl halides is 1. The first-order valence-electron chi connectivity index (χ1n) is 6.71. The van der Waals surface area contributed by atoms with E-state index in [2.05, 4.69) is 12.2 Å². The van der Waals surface area contributed by atoms with Gasteiger partial charge in [-0.05, 0) is 38.4 Å². The van der Waals surface area contributed by atoms with E-state index in [-0.39, 0.29) is 22.1 Å².